The number of nitrogens with zero attached hydrogens (tertiary/aromatic N) is 2. The Hall–Kier alpha value is -1.95. The van der Waals surface area contributed by atoms with Crippen LogP contribution < -0.4 is 10.6 Å². The van der Waals surface area contributed by atoms with Gasteiger partial charge in [-0.15, -0.1) is 0 Å². The number of aromatic nitrogens is 1. The van der Waals surface area contributed by atoms with Gasteiger partial charge in [0.15, 0.2) is 0 Å². The molecule has 0 fully saturated rings. The van der Waals surface area contributed by atoms with E-state index in [1.807, 2.05) is 25.9 Å². The summed E-state index contributed by atoms with van der Waals surface area (Å²) in [5.74, 6) is -0.234. The second-order valence-electron chi connectivity index (χ2n) is 5.14. The zero-order valence-electron chi connectivity index (χ0n) is 13.0. The standard InChI is InChI=1S/C15H24N4O2/c1-4-5-6-14(20)18-12-7-8-13(17-11-12)15(21)16-9-10-19(2)3/h7-8,11H,4-6,9-10H2,1-3H3,(H,16,21)(H,18,20). The average molecular weight is 292 g/mol. The summed E-state index contributed by atoms with van der Waals surface area (Å²) in [4.78, 5) is 29.5. The number of carbonyl (C=O) groups excluding carboxylic acids is 2. The zero-order chi connectivity index (χ0) is 15.7. The van der Waals surface area contributed by atoms with E-state index in [1.165, 1.54) is 6.20 Å². The lowest BCUT2D eigenvalue weighted by atomic mass is 10.2. The molecule has 0 aliphatic rings. The van der Waals surface area contributed by atoms with Crippen LogP contribution in [0.2, 0.25) is 0 Å². The molecule has 2 N–H and O–H groups in total. The van der Waals surface area contributed by atoms with Crippen molar-refractivity contribution in [3.63, 3.8) is 0 Å². The minimum Gasteiger partial charge on any atom is -0.349 e. The van der Waals surface area contributed by atoms with E-state index in [-0.39, 0.29) is 11.8 Å². The van der Waals surface area contributed by atoms with Crippen LogP contribution in [0.5, 0.6) is 0 Å². The molecular formula is C15H24N4O2. The van der Waals surface area contributed by atoms with E-state index in [0.717, 1.165) is 19.4 Å². The molecule has 0 aliphatic carbocycles. The molecule has 6 heteroatoms. The molecule has 0 radical (unpaired) electrons. The number of hydrogen-bond donors (Lipinski definition) is 2. The van der Waals surface area contributed by atoms with Crippen LogP contribution in [0.15, 0.2) is 18.3 Å². The number of carbonyl (C=O) groups is 2. The number of nitrogens with one attached hydrogen (secondary N) is 2. The summed E-state index contributed by atoms with van der Waals surface area (Å²) in [6.07, 6.45) is 3.86. The number of anilines is 1. The van der Waals surface area contributed by atoms with Gasteiger partial charge in [-0.25, -0.2) is 4.98 Å². The van der Waals surface area contributed by atoms with Crippen molar-refractivity contribution in [2.45, 2.75) is 26.2 Å². The minimum absolute atomic E-state index is 0.0261. The molecule has 0 unspecified atom stereocenters. The van der Waals surface area contributed by atoms with Gasteiger partial charge in [-0.1, -0.05) is 13.3 Å². The summed E-state index contributed by atoms with van der Waals surface area (Å²) in [7, 11) is 3.89. The molecule has 21 heavy (non-hydrogen) atoms. The van der Waals surface area contributed by atoms with Crippen LogP contribution in [0.4, 0.5) is 5.69 Å². The van der Waals surface area contributed by atoms with Crippen molar-refractivity contribution in [3.05, 3.63) is 24.0 Å². The summed E-state index contributed by atoms with van der Waals surface area (Å²) in [5.41, 5.74) is 0.959. The minimum atomic E-state index is -0.208. The molecule has 0 aromatic carbocycles. The highest BCUT2D eigenvalue weighted by atomic mass is 16.2. The summed E-state index contributed by atoms with van der Waals surface area (Å²) < 4.78 is 0. The van der Waals surface area contributed by atoms with Gasteiger partial charge in [-0.3, -0.25) is 9.59 Å². The Labute approximate surface area is 125 Å². The van der Waals surface area contributed by atoms with Crippen molar-refractivity contribution < 1.29 is 9.59 Å². The summed E-state index contributed by atoms with van der Waals surface area (Å²) in [5, 5.41) is 5.55. The van der Waals surface area contributed by atoms with Gasteiger partial charge in [0.25, 0.3) is 5.91 Å². The van der Waals surface area contributed by atoms with Crippen LogP contribution in [-0.2, 0) is 4.79 Å². The first kappa shape index (κ1) is 17.1. The Morgan fingerprint density at radius 1 is 1.29 bits per heavy atom. The van der Waals surface area contributed by atoms with Gasteiger partial charge >= 0.3 is 0 Å². The Kier molecular flexibility index (Phi) is 7.39. The largest absolute Gasteiger partial charge is 0.349 e. The topological polar surface area (TPSA) is 74.3 Å². The number of likely N-dealkylation sites (N-methyl/N-ethyl adjacent to an activating group) is 1. The van der Waals surface area contributed by atoms with E-state index >= 15 is 0 Å². The third-order valence-electron chi connectivity index (χ3n) is 2.88. The first-order chi connectivity index (χ1) is 10.0. The summed E-state index contributed by atoms with van der Waals surface area (Å²) >= 11 is 0. The van der Waals surface area contributed by atoms with Crippen molar-refractivity contribution in [2.24, 2.45) is 0 Å². The first-order valence-electron chi connectivity index (χ1n) is 7.21. The van der Waals surface area contributed by atoms with Gasteiger partial charge in [0.2, 0.25) is 5.91 Å². The van der Waals surface area contributed by atoms with Gasteiger partial charge in [-0.05, 0) is 32.6 Å². The number of rotatable bonds is 8. The lowest BCUT2D eigenvalue weighted by Gasteiger charge is -2.10. The van der Waals surface area contributed by atoms with Crippen LogP contribution >= 0.6 is 0 Å². The highest BCUT2D eigenvalue weighted by Crippen LogP contribution is 2.07. The third-order valence-corrected chi connectivity index (χ3v) is 2.88. The highest BCUT2D eigenvalue weighted by Gasteiger charge is 2.07. The quantitative estimate of drug-likeness (QED) is 0.761. The molecule has 1 aromatic rings. The normalized spacial score (nSPS) is 10.5. The number of unbranched alkanes of at least 4 members (excludes halogenated alkanes) is 1. The van der Waals surface area contributed by atoms with Gasteiger partial charge in [0.05, 0.1) is 11.9 Å². The van der Waals surface area contributed by atoms with Crippen LogP contribution in [-0.4, -0.2) is 48.9 Å². The Morgan fingerprint density at radius 3 is 2.62 bits per heavy atom. The van der Waals surface area contributed by atoms with E-state index < -0.39 is 0 Å². The highest BCUT2D eigenvalue weighted by molar-refractivity contribution is 5.93. The Morgan fingerprint density at radius 2 is 2.05 bits per heavy atom. The molecule has 0 spiro atoms. The smallest absolute Gasteiger partial charge is 0.269 e. The van der Waals surface area contributed by atoms with E-state index in [1.54, 1.807) is 12.1 Å². The fourth-order valence-corrected chi connectivity index (χ4v) is 1.65. The third kappa shape index (κ3) is 6.85. The fourth-order valence-electron chi connectivity index (χ4n) is 1.65. The molecule has 1 heterocycles. The molecule has 0 aliphatic heterocycles. The van der Waals surface area contributed by atoms with Crippen molar-refractivity contribution in [2.75, 3.05) is 32.5 Å². The molecule has 0 saturated heterocycles. The summed E-state index contributed by atoms with van der Waals surface area (Å²) in [6, 6.07) is 3.30. The van der Waals surface area contributed by atoms with Crippen LogP contribution in [0.3, 0.4) is 0 Å². The van der Waals surface area contributed by atoms with Gasteiger partial charge in [0, 0.05) is 19.5 Å². The van der Waals surface area contributed by atoms with Gasteiger partial charge in [-0.2, -0.15) is 0 Å². The van der Waals surface area contributed by atoms with Crippen molar-refractivity contribution in [1.82, 2.24) is 15.2 Å². The molecule has 0 bridgehead atoms. The van der Waals surface area contributed by atoms with Crippen LogP contribution in [0, 0.1) is 0 Å². The SMILES string of the molecule is CCCCC(=O)Nc1ccc(C(=O)NCCN(C)C)nc1. The predicted octanol–water partition coefficient (Wildman–Crippen LogP) is 1.50. The van der Waals surface area contributed by atoms with Crippen LogP contribution in [0.1, 0.15) is 36.7 Å². The predicted molar refractivity (Wildman–Crippen MR) is 83.3 cm³/mol. The lowest BCUT2D eigenvalue weighted by molar-refractivity contribution is -0.116. The zero-order valence-corrected chi connectivity index (χ0v) is 13.0. The van der Waals surface area contributed by atoms with Crippen molar-refractivity contribution in [3.8, 4) is 0 Å². The van der Waals surface area contributed by atoms with Gasteiger partial charge < -0.3 is 15.5 Å². The Balaban J connectivity index is 2.45. The molecular weight excluding hydrogens is 268 g/mol. The molecule has 2 amide bonds. The van der Waals surface area contributed by atoms with E-state index in [0.29, 0.717) is 24.3 Å². The Bertz CT molecular complexity index is 457. The van der Waals surface area contributed by atoms with Crippen molar-refractivity contribution >= 4 is 17.5 Å². The van der Waals surface area contributed by atoms with E-state index in [2.05, 4.69) is 15.6 Å². The number of hydrogen-bond acceptors (Lipinski definition) is 4. The lowest BCUT2D eigenvalue weighted by Crippen LogP contribution is -2.31. The molecule has 6 nitrogen and oxygen atoms in total. The van der Waals surface area contributed by atoms with Gasteiger partial charge in [0.1, 0.15) is 5.69 Å². The van der Waals surface area contributed by atoms with Crippen LogP contribution in [0.25, 0.3) is 0 Å². The maximum atomic E-state index is 11.8. The number of pyridine rings is 1. The summed E-state index contributed by atoms with van der Waals surface area (Å²) in [6.45, 7) is 3.39. The monoisotopic (exact) mass is 292 g/mol. The molecule has 0 saturated carbocycles. The maximum absolute atomic E-state index is 11.8. The molecule has 0 atom stereocenters. The molecule has 116 valence electrons. The first-order valence-corrected chi connectivity index (χ1v) is 7.21. The molecule has 1 aromatic heterocycles. The maximum Gasteiger partial charge on any atom is 0.269 e. The number of amides is 2. The molecule has 1 rings (SSSR count). The second-order valence-corrected chi connectivity index (χ2v) is 5.14. The second kappa shape index (κ2) is 9.07. The van der Waals surface area contributed by atoms with Crippen molar-refractivity contribution in [1.29, 1.82) is 0 Å². The van der Waals surface area contributed by atoms with E-state index in [4.69, 9.17) is 0 Å². The fraction of sp³-hybridized carbons (Fsp3) is 0.533. The average Bonchev–Trinajstić information content (AvgIpc) is 2.45. The van der Waals surface area contributed by atoms with E-state index in [9.17, 15) is 9.59 Å².